The van der Waals surface area contributed by atoms with Gasteiger partial charge < -0.3 is 15.0 Å². The zero-order valence-corrected chi connectivity index (χ0v) is 11.0. The van der Waals surface area contributed by atoms with Crippen LogP contribution in [0, 0.1) is 5.92 Å². The number of amides is 1. The normalized spacial score (nSPS) is 17.8. The van der Waals surface area contributed by atoms with Crippen LogP contribution in [0.25, 0.3) is 0 Å². The number of hydrogen-bond acceptors (Lipinski definition) is 4. The van der Waals surface area contributed by atoms with Crippen molar-refractivity contribution < 1.29 is 14.3 Å². The molecule has 1 fully saturated rings. The van der Waals surface area contributed by atoms with Crippen molar-refractivity contribution in [3.05, 3.63) is 0 Å². The average Bonchev–Trinajstić information content (AvgIpc) is 2.61. The molecule has 1 N–H and O–H groups in total. The fourth-order valence-corrected chi connectivity index (χ4v) is 1.84. The molecule has 0 aromatic rings. The molecule has 1 rings (SSSR count). The Bertz CT molecular complexity index is 289. The highest BCUT2D eigenvalue weighted by molar-refractivity contribution is 5.86. The number of nitrogens with zero attached hydrogens (tertiary/aromatic N) is 1. The van der Waals surface area contributed by atoms with Gasteiger partial charge in [0, 0.05) is 18.5 Å². The van der Waals surface area contributed by atoms with Crippen molar-refractivity contribution in [2.75, 3.05) is 19.7 Å². The highest BCUT2D eigenvalue weighted by Crippen LogP contribution is 2.08. The van der Waals surface area contributed by atoms with Crippen LogP contribution < -0.4 is 5.32 Å². The number of rotatable bonds is 6. The lowest BCUT2D eigenvalue weighted by atomic mass is 10.0. The van der Waals surface area contributed by atoms with Crippen LogP contribution >= 0.6 is 0 Å². The Labute approximate surface area is 102 Å². The molecule has 17 heavy (non-hydrogen) atoms. The molecule has 1 amide bonds. The third-order valence-electron chi connectivity index (χ3n) is 2.69. The Hall–Kier alpha value is -1.10. The van der Waals surface area contributed by atoms with Gasteiger partial charge in [-0.25, -0.2) is 4.79 Å². The Morgan fingerprint density at radius 1 is 1.41 bits per heavy atom. The summed E-state index contributed by atoms with van der Waals surface area (Å²) in [7, 11) is 0. The fraction of sp³-hybridized carbons (Fsp3) is 0.833. The molecule has 1 atom stereocenters. The van der Waals surface area contributed by atoms with Gasteiger partial charge in [-0.15, -0.1) is 0 Å². The molecule has 0 radical (unpaired) electrons. The van der Waals surface area contributed by atoms with E-state index < -0.39 is 0 Å². The van der Waals surface area contributed by atoms with Crippen molar-refractivity contribution in [2.24, 2.45) is 5.92 Å². The standard InChI is InChI=1S/C12H22N2O3/c1-8(2)11(15)10(13-9(3)4)7-14-5-6-17-12(14)16/h8-10,13H,5-7H2,1-4H3. The average molecular weight is 242 g/mol. The fourth-order valence-electron chi connectivity index (χ4n) is 1.84. The lowest BCUT2D eigenvalue weighted by Crippen LogP contribution is -2.50. The van der Waals surface area contributed by atoms with Crippen LogP contribution in [0.1, 0.15) is 27.7 Å². The molecule has 0 spiro atoms. The third-order valence-corrected chi connectivity index (χ3v) is 2.69. The summed E-state index contributed by atoms with van der Waals surface area (Å²) < 4.78 is 4.86. The van der Waals surface area contributed by atoms with E-state index in [-0.39, 0.29) is 29.9 Å². The number of Topliss-reactive ketones (excluding diaryl/α,β-unsaturated/α-hetero) is 1. The number of cyclic esters (lactones) is 1. The van der Waals surface area contributed by atoms with E-state index >= 15 is 0 Å². The number of ketones is 1. The van der Waals surface area contributed by atoms with Crippen LogP contribution in [0.4, 0.5) is 4.79 Å². The summed E-state index contributed by atoms with van der Waals surface area (Å²) >= 11 is 0. The van der Waals surface area contributed by atoms with Gasteiger partial charge in [0.25, 0.3) is 0 Å². The second kappa shape index (κ2) is 6.00. The maximum atomic E-state index is 12.0. The van der Waals surface area contributed by atoms with Crippen LogP contribution in [-0.4, -0.2) is 48.6 Å². The number of hydrogen-bond donors (Lipinski definition) is 1. The molecule has 1 saturated heterocycles. The van der Waals surface area contributed by atoms with E-state index in [0.29, 0.717) is 19.7 Å². The first-order valence-electron chi connectivity index (χ1n) is 6.13. The molecule has 0 aromatic heterocycles. The van der Waals surface area contributed by atoms with Gasteiger partial charge in [-0.05, 0) is 0 Å². The summed E-state index contributed by atoms with van der Waals surface area (Å²) in [4.78, 5) is 25.0. The Morgan fingerprint density at radius 3 is 2.47 bits per heavy atom. The van der Waals surface area contributed by atoms with Crippen molar-refractivity contribution >= 4 is 11.9 Å². The summed E-state index contributed by atoms with van der Waals surface area (Å²) in [5.41, 5.74) is 0. The summed E-state index contributed by atoms with van der Waals surface area (Å²) in [6.45, 7) is 9.11. The van der Waals surface area contributed by atoms with Gasteiger partial charge in [-0.2, -0.15) is 0 Å². The van der Waals surface area contributed by atoms with E-state index in [4.69, 9.17) is 4.74 Å². The molecule has 0 bridgehead atoms. The van der Waals surface area contributed by atoms with Crippen LogP contribution in [0.15, 0.2) is 0 Å². The first kappa shape index (κ1) is 14.0. The summed E-state index contributed by atoms with van der Waals surface area (Å²) in [5, 5.41) is 3.21. The molecule has 1 heterocycles. The van der Waals surface area contributed by atoms with Gasteiger partial charge in [0.15, 0.2) is 5.78 Å². The smallest absolute Gasteiger partial charge is 0.410 e. The highest BCUT2D eigenvalue weighted by atomic mass is 16.6. The van der Waals surface area contributed by atoms with Gasteiger partial charge in [-0.1, -0.05) is 27.7 Å². The summed E-state index contributed by atoms with van der Waals surface area (Å²) in [5.74, 6) is 0.100. The van der Waals surface area contributed by atoms with Gasteiger partial charge >= 0.3 is 6.09 Å². The number of ether oxygens (including phenoxy) is 1. The molecule has 98 valence electrons. The Morgan fingerprint density at radius 2 is 2.06 bits per heavy atom. The number of carbonyl (C=O) groups is 2. The van der Waals surface area contributed by atoms with Crippen LogP contribution in [-0.2, 0) is 9.53 Å². The summed E-state index contributed by atoms with van der Waals surface area (Å²) in [6, 6.07) is -0.0954. The highest BCUT2D eigenvalue weighted by Gasteiger charge is 2.29. The first-order valence-corrected chi connectivity index (χ1v) is 6.13. The van der Waals surface area contributed by atoms with E-state index in [1.165, 1.54) is 0 Å². The second-order valence-corrected chi connectivity index (χ2v) is 4.99. The topological polar surface area (TPSA) is 58.6 Å². The molecule has 5 heteroatoms. The molecule has 0 aromatic carbocycles. The largest absolute Gasteiger partial charge is 0.448 e. The van der Waals surface area contributed by atoms with Gasteiger partial charge in [0.1, 0.15) is 6.61 Å². The predicted octanol–water partition coefficient (Wildman–Crippen LogP) is 1.03. The molecule has 5 nitrogen and oxygen atoms in total. The number of carbonyl (C=O) groups excluding carboxylic acids is 2. The van der Waals surface area contributed by atoms with Crippen LogP contribution in [0.2, 0.25) is 0 Å². The summed E-state index contributed by atoms with van der Waals surface area (Å²) in [6.07, 6.45) is -0.322. The molecular weight excluding hydrogens is 220 g/mol. The minimum atomic E-state index is -0.322. The van der Waals surface area contributed by atoms with E-state index in [0.717, 1.165) is 0 Å². The van der Waals surface area contributed by atoms with E-state index in [1.54, 1.807) is 4.90 Å². The minimum absolute atomic E-state index is 0.0372. The Kier molecular flexibility index (Phi) is 4.93. The lowest BCUT2D eigenvalue weighted by molar-refractivity contribution is -0.124. The quantitative estimate of drug-likeness (QED) is 0.756. The van der Waals surface area contributed by atoms with Gasteiger partial charge in [0.05, 0.1) is 12.6 Å². The molecular formula is C12H22N2O3. The molecule has 0 saturated carbocycles. The zero-order chi connectivity index (χ0) is 13.0. The van der Waals surface area contributed by atoms with Crippen molar-refractivity contribution in [1.29, 1.82) is 0 Å². The molecule has 1 aliphatic rings. The van der Waals surface area contributed by atoms with Crippen molar-refractivity contribution in [3.8, 4) is 0 Å². The maximum Gasteiger partial charge on any atom is 0.410 e. The van der Waals surface area contributed by atoms with Crippen LogP contribution in [0.5, 0.6) is 0 Å². The van der Waals surface area contributed by atoms with Gasteiger partial charge in [0.2, 0.25) is 0 Å². The zero-order valence-electron chi connectivity index (χ0n) is 11.0. The minimum Gasteiger partial charge on any atom is -0.448 e. The second-order valence-electron chi connectivity index (χ2n) is 4.99. The SMILES string of the molecule is CC(C)NC(CN1CCOC1=O)C(=O)C(C)C. The molecule has 1 unspecified atom stereocenters. The monoisotopic (exact) mass is 242 g/mol. The predicted molar refractivity (Wildman–Crippen MR) is 64.8 cm³/mol. The van der Waals surface area contributed by atoms with Crippen molar-refractivity contribution in [3.63, 3.8) is 0 Å². The Balaban J connectivity index is 2.62. The lowest BCUT2D eigenvalue weighted by Gasteiger charge is -2.25. The van der Waals surface area contributed by atoms with E-state index in [2.05, 4.69) is 5.32 Å². The van der Waals surface area contributed by atoms with Crippen LogP contribution in [0.3, 0.4) is 0 Å². The molecule has 1 aliphatic heterocycles. The number of nitrogens with one attached hydrogen (secondary N) is 1. The maximum absolute atomic E-state index is 12.0. The first-order chi connectivity index (χ1) is 7.91. The van der Waals surface area contributed by atoms with Crippen molar-refractivity contribution in [1.82, 2.24) is 10.2 Å². The third kappa shape index (κ3) is 4.00. The van der Waals surface area contributed by atoms with Gasteiger partial charge in [-0.3, -0.25) is 4.79 Å². The molecule has 0 aliphatic carbocycles. The van der Waals surface area contributed by atoms with E-state index in [9.17, 15) is 9.59 Å². The van der Waals surface area contributed by atoms with E-state index in [1.807, 2.05) is 27.7 Å². The van der Waals surface area contributed by atoms with Crippen molar-refractivity contribution in [2.45, 2.75) is 39.8 Å².